The van der Waals surface area contributed by atoms with Gasteiger partial charge < -0.3 is 14.7 Å². The van der Waals surface area contributed by atoms with E-state index in [0.29, 0.717) is 32.9 Å². The largest absolute Gasteiger partial charge is 0.507 e. The highest BCUT2D eigenvalue weighted by Gasteiger charge is 2.35. The molecule has 0 amide bonds. The first-order valence-electron chi connectivity index (χ1n) is 12.1. The van der Waals surface area contributed by atoms with Gasteiger partial charge in [0.2, 0.25) is 0 Å². The van der Waals surface area contributed by atoms with E-state index in [1.807, 2.05) is 91.9 Å². The Hall–Kier alpha value is -4.11. The lowest BCUT2D eigenvalue weighted by Crippen LogP contribution is -2.22. The van der Waals surface area contributed by atoms with Crippen molar-refractivity contribution in [2.24, 2.45) is 0 Å². The number of phenols is 2. The molecule has 0 heterocycles. The predicted octanol–water partition coefficient (Wildman–Crippen LogP) is 7.36. The summed E-state index contributed by atoms with van der Waals surface area (Å²) in [6.07, 6.45) is 0. The number of hydrogen-bond acceptors (Lipinski definition) is 4. The summed E-state index contributed by atoms with van der Waals surface area (Å²) in [6.45, 7) is 2.08. The highest BCUT2D eigenvalue weighted by Crippen LogP contribution is 2.51. The van der Waals surface area contributed by atoms with E-state index in [9.17, 15) is 14.8 Å². The maximum absolute atomic E-state index is 15.0. The molecule has 0 spiro atoms. The van der Waals surface area contributed by atoms with Crippen LogP contribution in [-0.4, -0.2) is 16.8 Å². The topological polar surface area (TPSA) is 66.8 Å². The minimum Gasteiger partial charge on any atom is -0.507 e. The standard InChI is InChI=1S/C32H27O4P/c1-2-36-37(35,24-15-7-4-8-16-24)32-25(23-13-5-3-6-14-23)18-11-21-29(32)28-20-12-19-27(31(28)34)26-17-9-10-22-30(26)33/h3-22,33-34H,2H2,1H3. The SMILES string of the molecule is CCOP(=O)(c1ccccc1)c1c(-c2ccccc2)cccc1-c1cccc(-c2ccccc2O)c1O. The molecule has 0 fully saturated rings. The van der Waals surface area contributed by atoms with Crippen molar-refractivity contribution in [1.29, 1.82) is 0 Å². The Morgan fingerprint density at radius 3 is 1.76 bits per heavy atom. The molecule has 0 aromatic heterocycles. The maximum Gasteiger partial charge on any atom is 0.262 e. The zero-order valence-corrected chi connectivity index (χ0v) is 21.3. The molecule has 1 atom stereocenters. The molecule has 37 heavy (non-hydrogen) atoms. The van der Waals surface area contributed by atoms with E-state index in [2.05, 4.69) is 0 Å². The van der Waals surface area contributed by atoms with Gasteiger partial charge in [-0.3, -0.25) is 4.57 Å². The monoisotopic (exact) mass is 506 g/mol. The molecule has 0 saturated heterocycles. The molecule has 5 aromatic rings. The van der Waals surface area contributed by atoms with Crippen LogP contribution in [0.5, 0.6) is 11.5 Å². The summed E-state index contributed by atoms with van der Waals surface area (Å²) >= 11 is 0. The third-order valence-electron chi connectivity index (χ3n) is 6.34. The summed E-state index contributed by atoms with van der Waals surface area (Å²) in [5.74, 6) is 0.0593. The normalized spacial score (nSPS) is 12.7. The smallest absolute Gasteiger partial charge is 0.262 e. The van der Waals surface area contributed by atoms with Crippen molar-refractivity contribution in [3.8, 4) is 44.9 Å². The summed E-state index contributed by atoms with van der Waals surface area (Å²) in [6, 6.07) is 36.9. The van der Waals surface area contributed by atoms with Gasteiger partial charge in [-0.1, -0.05) is 103 Å². The molecule has 0 aliphatic carbocycles. The molecule has 1 unspecified atom stereocenters. The summed E-state index contributed by atoms with van der Waals surface area (Å²) in [4.78, 5) is 0. The number of benzene rings is 5. The fourth-order valence-electron chi connectivity index (χ4n) is 4.68. The van der Waals surface area contributed by atoms with Gasteiger partial charge in [0, 0.05) is 22.0 Å². The fourth-order valence-corrected chi connectivity index (χ4v) is 7.18. The van der Waals surface area contributed by atoms with Gasteiger partial charge in [0.05, 0.1) is 11.9 Å². The zero-order valence-electron chi connectivity index (χ0n) is 20.4. The third-order valence-corrected chi connectivity index (χ3v) is 9.01. The highest BCUT2D eigenvalue weighted by molar-refractivity contribution is 7.75. The third kappa shape index (κ3) is 4.58. The lowest BCUT2D eigenvalue weighted by molar-refractivity contribution is 0.348. The van der Waals surface area contributed by atoms with Crippen LogP contribution >= 0.6 is 7.37 Å². The molecule has 0 radical (unpaired) electrons. The molecule has 5 rings (SSSR count). The van der Waals surface area contributed by atoms with E-state index >= 15 is 0 Å². The van der Waals surface area contributed by atoms with Crippen LogP contribution in [0.15, 0.2) is 121 Å². The summed E-state index contributed by atoms with van der Waals surface area (Å²) in [7, 11) is -3.61. The molecular formula is C32H27O4P. The average molecular weight is 507 g/mol. The van der Waals surface area contributed by atoms with Crippen LogP contribution < -0.4 is 10.6 Å². The lowest BCUT2D eigenvalue weighted by atomic mass is 9.94. The van der Waals surface area contributed by atoms with Crippen LogP contribution in [0.1, 0.15) is 6.92 Å². The minimum atomic E-state index is -3.61. The molecule has 0 saturated carbocycles. The number of rotatable bonds is 7. The van der Waals surface area contributed by atoms with Crippen LogP contribution in [0.3, 0.4) is 0 Å². The summed E-state index contributed by atoms with van der Waals surface area (Å²) in [5, 5.41) is 23.1. The molecule has 5 aromatic carbocycles. The van der Waals surface area contributed by atoms with Gasteiger partial charge in [0.15, 0.2) is 0 Å². The number of hydrogen-bond donors (Lipinski definition) is 2. The molecule has 0 bridgehead atoms. The van der Waals surface area contributed by atoms with Crippen LogP contribution in [-0.2, 0) is 9.09 Å². The van der Waals surface area contributed by atoms with Gasteiger partial charge >= 0.3 is 0 Å². The Labute approximate surface area is 216 Å². The van der Waals surface area contributed by atoms with Crippen LogP contribution in [0, 0.1) is 0 Å². The maximum atomic E-state index is 15.0. The molecule has 0 aliphatic rings. The molecule has 0 aliphatic heterocycles. The number of phenolic OH excluding ortho intramolecular Hbond substituents is 2. The zero-order chi connectivity index (χ0) is 25.8. The Balaban J connectivity index is 1.85. The van der Waals surface area contributed by atoms with E-state index in [-0.39, 0.29) is 18.1 Å². The quantitative estimate of drug-likeness (QED) is 0.226. The van der Waals surface area contributed by atoms with E-state index < -0.39 is 7.37 Å². The van der Waals surface area contributed by atoms with Gasteiger partial charge in [0.25, 0.3) is 7.37 Å². The summed E-state index contributed by atoms with van der Waals surface area (Å²) in [5.41, 5.74) is 3.77. The van der Waals surface area contributed by atoms with Crippen molar-refractivity contribution < 1.29 is 19.3 Å². The lowest BCUT2D eigenvalue weighted by Gasteiger charge is -2.25. The second-order valence-corrected chi connectivity index (χ2v) is 10.9. The Bertz CT molecular complexity index is 1580. The second kappa shape index (κ2) is 10.5. The number of aromatic hydroxyl groups is 2. The Morgan fingerprint density at radius 2 is 1.11 bits per heavy atom. The van der Waals surface area contributed by atoms with Gasteiger partial charge in [0.1, 0.15) is 11.5 Å². The highest BCUT2D eigenvalue weighted by atomic mass is 31.2. The van der Waals surface area contributed by atoms with E-state index in [1.54, 1.807) is 36.4 Å². The van der Waals surface area contributed by atoms with Gasteiger partial charge in [-0.05, 0) is 41.8 Å². The molecule has 184 valence electrons. The van der Waals surface area contributed by atoms with Crippen LogP contribution in [0.2, 0.25) is 0 Å². The van der Waals surface area contributed by atoms with Gasteiger partial charge in [-0.2, -0.15) is 0 Å². The second-order valence-electron chi connectivity index (χ2n) is 8.59. The van der Waals surface area contributed by atoms with Crippen molar-refractivity contribution in [1.82, 2.24) is 0 Å². The van der Waals surface area contributed by atoms with Crippen LogP contribution in [0.25, 0.3) is 33.4 Å². The first-order valence-corrected chi connectivity index (χ1v) is 13.8. The van der Waals surface area contributed by atoms with E-state index in [4.69, 9.17) is 4.52 Å². The fraction of sp³-hybridized carbons (Fsp3) is 0.0625. The van der Waals surface area contributed by atoms with Crippen molar-refractivity contribution in [3.05, 3.63) is 121 Å². The van der Waals surface area contributed by atoms with Crippen molar-refractivity contribution in [3.63, 3.8) is 0 Å². The van der Waals surface area contributed by atoms with Gasteiger partial charge in [-0.25, -0.2) is 0 Å². The summed E-state index contributed by atoms with van der Waals surface area (Å²) < 4.78 is 21.1. The van der Waals surface area contributed by atoms with Crippen molar-refractivity contribution in [2.75, 3.05) is 6.61 Å². The van der Waals surface area contributed by atoms with Crippen molar-refractivity contribution >= 4 is 18.0 Å². The van der Waals surface area contributed by atoms with E-state index in [0.717, 1.165) is 11.1 Å². The van der Waals surface area contributed by atoms with E-state index in [1.165, 1.54) is 0 Å². The molecule has 2 N–H and O–H groups in total. The molecular weight excluding hydrogens is 479 g/mol. The Morgan fingerprint density at radius 1 is 0.595 bits per heavy atom. The predicted molar refractivity (Wildman–Crippen MR) is 151 cm³/mol. The Kier molecular flexibility index (Phi) is 6.96. The van der Waals surface area contributed by atoms with Crippen molar-refractivity contribution in [2.45, 2.75) is 6.92 Å². The minimum absolute atomic E-state index is 0.00780. The first-order chi connectivity index (χ1) is 18.0. The van der Waals surface area contributed by atoms with Crippen LogP contribution in [0.4, 0.5) is 0 Å². The van der Waals surface area contributed by atoms with Gasteiger partial charge in [-0.15, -0.1) is 0 Å². The average Bonchev–Trinajstić information content (AvgIpc) is 2.94. The number of para-hydroxylation sites is 2. The molecule has 5 heteroatoms. The molecule has 4 nitrogen and oxygen atoms in total. The first kappa shape index (κ1) is 24.6.